The van der Waals surface area contributed by atoms with Crippen molar-refractivity contribution in [2.24, 2.45) is 4.99 Å². The Morgan fingerprint density at radius 2 is 2.14 bits per heavy atom. The van der Waals surface area contributed by atoms with Crippen LogP contribution in [0.15, 0.2) is 29.3 Å². The van der Waals surface area contributed by atoms with Gasteiger partial charge in [-0.15, -0.1) is 0 Å². The van der Waals surface area contributed by atoms with Crippen LogP contribution in [-0.4, -0.2) is 21.6 Å². The molecule has 0 bridgehead atoms. The first-order chi connectivity index (χ1) is 10.2. The summed E-state index contributed by atoms with van der Waals surface area (Å²) >= 11 is 3.30. The lowest BCUT2D eigenvalue weighted by atomic mass is 10.2. The monoisotopic (exact) mass is 320 g/mol. The molecular formula is C16H20N2OS2. The minimum atomic E-state index is -0.0814. The first-order valence-corrected chi connectivity index (χ1v) is 9.35. The lowest BCUT2D eigenvalue weighted by Gasteiger charge is -2.19. The number of carbonyl (C=O) groups excluding carboxylic acids is 1. The van der Waals surface area contributed by atoms with Gasteiger partial charge in [0.2, 0.25) is 5.91 Å². The Bertz CT molecular complexity index is 553. The number of hydrogen-bond donors (Lipinski definition) is 1. The summed E-state index contributed by atoms with van der Waals surface area (Å²) < 4.78 is 1.00. The molecule has 2 aliphatic rings. The van der Waals surface area contributed by atoms with Gasteiger partial charge in [0.05, 0.1) is 10.9 Å². The fourth-order valence-electron chi connectivity index (χ4n) is 2.67. The quantitative estimate of drug-likeness (QED) is 0.911. The molecule has 3 rings (SSSR count). The van der Waals surface area contributed by atoms with Crippen LogP contribution >= 0.6 is 23.5 Å². The largest absolute Gasteiger partial charge is 0.352 e. The molecule has 0 spiro atoms. The number of nitrogens with one attached hydrogen (secondary N) is 1. The second-order valence-corrected chi connectivity index (χ2v) is 8.10. The van der Waals surface area contributed by atoms with Crippen molar-refractivity contribution in [1.82, 2.24) is 5.32 Å². The van der Waals surface area contributed by atoms with E-state index in [1.165, 1.54) is 18.4 Å². The van der Waals surface area contributed by atoms with Gasteiger partial charge in [-0.1, -0.05) is 54.6 Å². The van der Waals surface area contributed by atoms with Crippen LogP contribution in [0.5, 0.6) is 0 Å². The lowest BCUT2D eigenvalue weighted by molar-refractivity contribution is -0.120. The van der Waals surface area contributed by atoms with Gasteiger partial charge in [0.15, 0.2) is 0 Å². The minimum absolute atomic E-state index is 0.0814. The molecule has 1 aromatic rings. The molecule has 112 valence electrons. The number of benzene rings is 1. The van der Waals surface area contributed by atoms with Gasteiger partial charge < -0.3 is 5.32 Å². The Kier molecular flexibility index (Phi) is 4.91. The van der Waals surface area contributed by atoms with Gasteiger partial charge in [-0.25, -0.2) is 4.99 Å². The molecular weight excluding hydrogens is 300 g/mol. The summed E-state index contributed by atoms with van der Waals surface area (Å²) in [6.07, 6.45) is 4.75. The fraction of sp³-hybridized carbons (Fsp3) is 0.500. The first kappa shape index (κ1) is 15.0. The number of carbonyl (C=O) groups is 1. The smallest absolute Gasteiger partial charge is 0.233 e. The summed E-state index contributed by atoms with van der Waals surface area (Å²) in [6.45, 7) is 1.97. The van der Waals surface area contributed by atoms with Crippen LogP contribution in [0.1, 0.15) is 38.2 Å². The van der Waals surface area contributed by atoms with Gasteiger partial charge in [-0.3, -0.25) is 4.79 Å². The van der Waals surface area contributed by atoms with E-state index in [0.717, 1.165) is 28.7 Å². The van der Waals surface area contributed by atoms with Crippen molar-refractivity contribution in [3.8, 4) is 0 Å². The van der Waals surface area contributed by atoms with Crippen molar-refractivity contribution in [3.05, 3.63) is 29.8 Å². The number of para-hydroxylation sites is 1. The van der Waals surface area contributed by atoms with E-state index in [1.54, 1.807) is 23.5 Å². The maximum Gasteiger partial charge on any atom is 0.233 e. The van der Waals surface area contributed by atoms with Crippen molar-refractivity contribution in [2.45, 2.75) is 49.7 Å². The standard InChI is InChI=1S/C16H20N2OS2/c1-11(15(19)17-13-7-3-4-8-13)21-16-18-14-9-5-2-6-12(14)10-20-16/h2,5-6,9,11,13H,3-4,7-8,10H2,1H3,(H,17,19)/t11-/m1/s1. The summed E-state index contributed by atoms with van der Waals surface area (Å²) in [6, 6.07) is 8.60. The molecule has 0 saturated heterocycles. The predicted molar refractivity (Wildman–Crippen MR) is 92.3 cm³/mol. The van der Waals surface area contributed by atoms with Gasteiger partial charge >= 0.3 is 0 Å². The molecule has 0 aromatic heterocycles. The zero-order valence-electron chi connectivity index (χ0n) is 12.2. The minimum Gasteiger partial charge on any atom is -0.352 e. The van der Waals surface area contributed by atoms with Crippen LogP contribution in [0.2, 0.25) is 0 Å². The molecule has 1 aliphatic carbocycles. The predicted octanol–water partition coefficient (Wildman–Crippen LogP) is 4.10. The molecule has 21 heavy (non-hydrogen) atoms. The van der Waals surface area contributed by atoms with Crippen LogP contribution in [0.3, 0.4) is 0 Å². The third kappa shape index (κ3) is 3.83. The lowest BCUT2D eigenvalue weighted by Crippen LogP contribution is -2.38. The second kappa shape index (κ2) is 6.88. The Hall–Kier alpha value is -0.940. The average molecular weight is 320 g/mol. The SMILES string of the molecule is C[C@@H](SC1=Nc2ccccc2CS1)C(=O)NC1CCCC1. The normalized spacial score (nSPS) is 19.8. The van der Waals surface area contributed by atoms with Gasteiger partial charge in [0, 0.05) is 11.8 Å². The molecule has 1 N–H and O–H groups in total. The van der Waals surface area contributed by atoms with Crippen LogP contribution in [0.25, 0.3) is 0 Å². The number of hydrogen-bond acceptors (Lipinski definition) is 4. The molecule has 1 heterocycles. The molecule has 3 nitrogen and oxygen atoms in total. The highest BCUT2D eigenvalue weighted by Crippen LogP contribution is 2.35. The Morgan fingerprint density at radius 3 is 2.95 bits per heavy atom. The van der Waals surface area contributed by atoms with E-state index < -0.39 is 0 Å². The summed E-state index contributed by atoms with van der Waals surface area (Å²) in [5.41, 5.74) is 2.32. The van der Waals surface area contributed by atoms with Crippen molar-refractivity contribution >= 4 is 39.5 Å². The molecule has 1 saturated carbocycles. The molecule has 0 radical (unpaired) electrons. The number of amides is 1. The van der Waals surface area contributed by atoms with Crippen molar-refractivity contribution in [1.29, 1.82) is 0 Å². The highest BCUT2D eigenvalue weighted by atomic mass is 32.2. The average Bonchev–Trinajstić information content (AvgIpc) is 3.00. The Labute approximate surface area is 134 Å². The van der Waals surface area contributed by atoms with Crippen LogP contribution in [-0.2, 0) is 10.5 Å². The van der Waals surface area contributed by atoms with Gasteiger partial charge in [0.1, 0.15) is 4.38 Å². The fourth-order valence-corrected chi connectivity index (χ4v) is 4.86. The van der Waals surface area contributed by atoms with E-state index in [-0.39, 0.29) is 11.2 Å². The van der Waals surface area contributed by atoms with Crippen LogP contribution < -0.4 is 5.32 Å². The van der Waals surface area contributed by atoms with Gasteiger partial charge in [-0.2, -0.15) is 0 Å². The second-order valence-electron chi connectivity index (χ2n) is 5.55. The Balaban J connectivity index is 1.58. The van der Waals surface area contributed by atoms with Crippen LogP contribution in [0.4, 0.5) is 5.69 Å². The summed E-state index contributed by atoms with van der Waals surface area (Å²) in [7, 11) is 0. The van der Waals surface area contributed by atoms with E-state index in [4.69, 9.17) is 0 Å². The summed E-state index contributed by atoms with van der Waals surface area (Å²) in [5, 5.41) is 3.08. The van der Waals surface area contributed by atoms with E-state index >= 15 is 0 Å². The molecule has 1 atom stereocenters. The van der Waals surface area contributed by atoms with Crippen LogP contribution in [0, 0.1) is 0 Å². The van der Waals surface area contributed by atoms with E-state index in [2.05, 4.69) is 16.4 Å². The number of nitrogens with zero attached hydrogens (tertiary/aromatic N) is 1. The van der Waals surface area contributed by atoms with Gasteiger partial charge in [-0.05, 0) is 31.4 Å². The van der Waals surface area contributed by atoms with E-state index in [0.29, 0.717) is 6.04 Å². The number of rotatable bonds is 3. The molecule has 5 heteroatoms. The van der Waals surface area contributed by atoms with Gasteiger partial charge in [0.25, 0.3) is 0 Å². The number of aliphatic imine (C=N–C) groups is 1. The molecule has 1 aromatic carbocycles. The topological polar surface area (TPSA) is 41.5 Å². The highest BCUT2D eigenvalue weighted by Gasteiger charge is 2.23. The highest BCUT2D eigenvalue weighted by molar-refractivity contribution is 8.39. The van der Waals surface area contributed by atoms with Crippen molar-refractivity contribution in [2.75, 3.05) is 0 Å². The first-order valence-electron chi connectivity index (χ1n) is 7.49. The number of fused-ring (bicyclic) bond motifs is 1. The third-order valence-corrected chi connectivity index (χ3v) is 6.20. The molecule has 1 amide bonds. The summed E-state index contributed by atoms with van der Waals surface area (Å²) in [5.74, 6) is 1.09. The van der Waals surface area contributed by atoms with E-state index in [1.807, 2.05) is 25.1 Å². The maximum atomic E-state index is 12.2. The Morgan fingerprint density at radius 1 is 1.38 bits per heavy atom. The summed E-state index contributed by atoms with van der Waals surface area (Å²) in [4.78, 5) is 16.9. The molecule has 1 aliphatic heterocycles. The maximum absolute atomic E-state index is 12.2. The molecule has 1 fully saturated rings. The third-order valence-electron chi connectivity index (χ3n) is 3.90. The molecule has 0 unspecified atom stereocenters. The number of thioether (sulfide) groups is 2. The van der Waals surface area contributed by atoms with Crippen molar-refractivity contribution in [3.63, 3.8) is 0 Å². The van der Waals surface area contributed by atoms with E-state index in [9.17, 15) is 4.79 Å². The zero-order valence-corrected chi connectivity index (χ0v) is 13.8. The zero-order chi connectivity index (χ0) is 14.7. The van der Waals surface area contributed by atoms with Crippen molar-refractivity contribution < 1.29 is 4.79 Å².